The van der Waals surface area contributed by atoms with Crippen molar-refractivity contribution in [2.45, 2.75) is 57.6 Å². The molecule has 4 atom stereocenters. The second-order valence-electron chi connectivity index (χ2n) is 7.06. The van der Waals surface area contributed by atoms with Gasteiger partial charge in [-0.15, -0.1) is 0 Å². The third-order valence-corrected chi connectivity index (χ3v) is 7.54. The molecule has 2 fully saturated rings. The maximum absolute atomic E-state index is 13.6. The molecule has 14 heteroatoms. The maximum atomic E-state index is 13.6. The molecule has 13 nitrogen and oxygen atoms in total. The normalized spacial score (nSPS) is 28.2. The van der Waals surface area contributed by atoms with Crippen molar-refractivity contribution >= 4 is 7.60 Å². The maximum Gasteiger partial charge on any atom is 0.389 e. The zero-order valence-corrected chi connectivity index (χ0v) is 18.4. The number of H-pyrrole nitrogens is 1. The van der Waals surface area contributed by atoms with Crippen LogP contribution in [0.15, 0.2) is 20.9 Å². The Morgan fingerprint density at radius 3 is 2.71 bits per heavy atom. The highest BCUT2D eigenvalue weighted by molar-refractivity contribution is 7.55. The predicted molar refractivity (Wildman–Crippen MR) is 108 cm³/mol. The molecule has 0 amide bonds. The van der Waals surface area contributed by atoms with Gasteiger partial charge in [-0.2, -0.15) is 0 Å². The largest absolute Gasteiger partial charge is 0.389 e. The molecular formula is C17H26N5O8P. The number of fused-ring (bicyclic) bond motifs is 1. The third kappa shape index (κ3) is 4.63. The highest BCUT2D eigenvalue weighted by Crippen LogP contribution is 2.64. The molecular weight excluding hydrogens is 433 g/mol. The van der Waals surface area contributed by atoms with Crippen LogP contribution in [0.5, 0.6) is 0 Å². The van der Waals surface area contributed by atoms with Gasteiger partial charge in [-0.3, -0.25) is 18.9 Å². The predicted octanol–water partition coefficient (Wildman–Crippen LogP) is 2.17. The van der Waals surface area contributed by atoms with E-state index in [2.05, 4.69) is 15.0 Å². The Morgan fingerprint density at radius 1 is 1.35 bits per heavy atom. The van der Waals surface area contributed by atoms with Crippen LogP contribution < -0.4 is 11.2 Å². The molecule has 31 heavy (non-hydrogen) atoms. The molecule has 0 unspecified atom stereocenters. The third-order valence-electron chi connectivity index (χ3n) is 5.05. The molecule has 2 aliphatic heterocycles. The first-order chi connectivity index (χ1) is 14.8. The Bertz CT molecular complexity index is 995. The minimum absolute atomic E-state index is 0.00133. The summed E-state index contributed by atoms with van der Waals surface area (Å²) in [6.07, 6.45) is -0.259. The fraction of sp³-hybridized carbons (Fsp3) is 0.765. The highest BCUT2D eigenvalue weighted by Gasteiger charge is 2.60. The first kappa shape index (κ1) is 23.7. The fourth-order valence-corrected chi connectivity index (χ4v) is 5.67. The van der Waals surface area contributed by atoms with Gasteiger partial charge >= 0.3 is 13.3 Å². The van der Waals surface area contributed by atoms with Gasteiger partial charge in [0.25, 0.3) is 11.1 Å². The summed E-state index contributed by atoms with van der Waals surface area (Å²) >= 11 is 0. The van der Waals surface area contributed by atoms with E-state index in [4.69, 9.17) is 28.8 Å². The van der Waals surface area contributed by atoms with Gasteiger partial charge in [0.15, 0.2) is 0 Å². The molecule has 0 bridgehead atoms. The monoisotopic (exact) mass is 459 g/mol. The van der Waals surface area contributed by atoms with E-state index >= 15 is 0 Å². The summed E-state index contributed by atoms with van der Waals surface area (Å²) in [4.78, 5) is 28.9. The molecule has 0 saturated carbocycles. The molecule has 3 rings (SSSR count). The van der Waals surface area contributed by atoms with Gasteiger partial charge in [-0.25, -0.2) is 4.79 Å². The average Bonchev–Trinajstić information content (AvgIpc) is 3.14. The fourth-order valence-electron chi connectivity index (χ4n) is 3.65. The summed E-state index contributed by atoms with van der Waals surface area (Å²) in [5, 5.41) is 3.50. The number of aromatic nitrogens is 2. The number of azide groups is 1. The highest BCUT2D eigenvalue weighted by atomic mass is 31.2. The molecule has 172 valence electrons. The molecule has 1 aromatic rings. The number of nitrogens with one attached hydrogen (secondary N) is 1. The second kappa shape index (κ2) is 9.66. The van der Waals surface area contributed by atoms with E-state index < -0.39 is 42.8 Å². The number of hydrogen-bond donors (Lipinski definition) is 1. The van der Waals surface area contributed by atoms with E-state index in [1.165, 1.54) is 10.8 Å². The first-order valence-electron chi connectivity index (χ1n) is 9.98. The molecule has 2 saturated heterocycles. The van der Waals surface area contributed by atoms with E-state index in [-0.39, 0.29) is 39.2 Å². The average molecular weight is 459 g/mol. The van der Waals surface area contributed by atoms with Crippen molar-refractivity contribution in [3.05, 3.63) is 43.0 Å². The van der Waals surface area contributed by atoms with Crippen molar-refractivity contribution in [1.29, 1.82) is 0 Å². The minimum Gasteiger partial charge on any atom is -0.349 e. The van der Waals surface area contributed by atoms with Crippen LogP contribution in [0.4, 0.5) is 0 Å². The van der Waals surface area contributed by atoms with Crippen LogP contribution in [0.1, 0.15) is 38.5 Å². The number of nitrogens with zero attached hydrogens (tertiary/aromatic N) is 4. The summed E-state index contributed by atoms with van der Waals surface area (Å²) in [6, 6.07) is 0. The first-order valence-corrected chi connectivity index (χ1v) is 11.5. The van der Waals surface area contributed by atoms with Crippen molar-refractivity contribution in [2.75, 3.05) is 26.4 Å². The molecule has 2 aliphatic rings. The lowest BCUT2D eigenvalue weighted by atomic mass is 10.1. The molecule has 0 aromatic carbocycles. The van der Waals surface area contributed by atoms with Crippen molar-refractivity contribution in [1.82, 2.24) is 9.55 Å². The standard InChI is InChI=1S/C17H26N5O8P/c1-4-27-31(25,28-5-2)17(6-7-19-21-18)26-10-13-12(30-17)8-14(29-13)22-9-11(3)15(23)20-16(22)24/h9,12-14H,4-8,10H2,1-3H3,(H,20,23,24)/t12-,13+,14+,17-/m0/s1. The van der Waals surface area contributed by atoms with Crippen molar-refractivity contribution < 1.29 is 27.8 Å². The number of rotatable bonds is 9. The smallest absolute Gasteiger partial charge is 0.349 e. The van der Waals surface area contributed by atoms with Crippen LogP contribution in [0, 0.1) is 6.92 Å². The zero-order valence-electron chi connectivity index (χ0n) is 17.6. The Labute approximate surface area is 177 Å². The Hall–Kier alpha value is -1.98. The topological polar surface area (TPSA) is 167 Å². The van der Waals surface area contributed by atoms with Crippen LogP contribution >= 0.6 is 7.60 Å². The van der Waals surface area contributed by atoms with E-state index in [1.54, 1.807) is 20.8 Å². The Balaban J connectivity index is 1.89. The molecule has 3 heterocycles. The van der Waals surface area contributed by atoms with E-state index in [9.17, 15) is 14.2 Å². The number of hydrogen-bond acceptors (Lipinski definition) is 9. The summed E-state index contributed by atoms with van der Waals surface area (Å²) in [5.74, 6) is 0. The second-order valence-corrected chi connectivity index (χ2v) is 9.25. The minimum atomic E-state index is -3.93. The molecule has 1 N–H and O–H groups in total. The Kier molecular flexibility index (Phi) is 7.38. The van der Waals surface area contributed by atoms with Crippen molar-refractivity contribution in [2.24, 2.45) is 5.11 Å². The Morgan fingerprint density at radius 2 is 2.06 bits per heavy atom. The van der Waals surface area contributed by atoms with Crippen LogP contribution in [0.3, 0.4) is 0 Å². The van der Waals surface area contributed by atoms with E-state index in [0.29, 0.717) is 5.56 Å². The van der Waals surface area contributed by atoms with Gasteiger partial charge in [-0.1, -0.05) is 5.11 Å². The lowest BCUT2D eigenvalue weighted by Crippen LogP contribution is -2.51. The number of aromatic amines is 1. The lowest BCUT2D eigenvalue weighted by molar-refractivity contribution is -0.277. The summed E-state index contributed by atoms with van der Waals surface area (Å²) in [6.45, 7) is 5.03. The quantitative estimate of drug-likeness (QED) is 0.254. The summed E-state index contributed by atoms with van der Waals surface area (Å²) < 4.78 is 43.7. The van der Waals surface area contributed by atoms with Gasteiger partial charge in [0.1, 0.15) is 12.3 Å². The number of ether oxygens (including phenoxy) is 3. The van der Waals surface area contributed by atoms with Crippen molar-refractivity contribution in [3.63, 3.8) is 0 Å². The van der Waals surface area contributed by atoms with Crippen LogP contribution in [0.25, 0.3) is 10.4 Å². The molecule has 1 aromatic heterocycles. The summed E-state index contributed by atoms with van der Waals surface area (Å²) in [5.41, 5.74) is 6.14. The lowest BCUT2D eigenvalue weighted by Gasteiger charge is -2.44. The van der Waals surface area contributed by atoms with Gasteiger partial charge < -0.3 is 23.3 Å². The van der Waals surface area contributed by atoms with Crippen LogP contribution in [-0.2, 0) is 27.8 Å². The molecule has 0 aliphatic carbocycles. The van der Waals surface area contributed by atoms with Crippen molar-refractivity contribution in [3.8, 4) is 0 Å². The van der Waals surface area contributed by atoms with Gasteiger partial charge in [0.05, 0.1) is 25.9 Å². The van der Waals surface area contributed by atoms with Gasteiger partial charge in [0, 0.05) is 36.1 Å². The number of aryl methyl sites for hydroxylation is 1. The molecule has 0 radical (unpaired) electrons. The molecule has 0 spiro atoms. The van der Waals surface area contributed by atoms with E-state index in [0.717, 1.165) is 0 Å². The SMILES string of the molecule is CCOP(=O)(OCC)[C@@]1(CCN=[N+]=[N-])OC[C@H]2O[C@@H](n3cc(C)c(=O)[nH]c3=O)C[C@@H]2O1. The van der Waals surface area contributed by atoms with E-state index in [1.807, 2.05) is 0 Å². The summed E-state index contributed by atoms with van der Waals surface area (Å²) in [7, 11) is -3.93. The zero-order chi connectivity index (χ0) is 22.6. The van der Waals surface area contributed by atoms with Crippen LogP contribution in [0.2, 0.25) is 0 Å². The van der Waals surface area contributed by atoms with Gasteiger partial charge in [0.2, 0.25) is 0 Å². The van der Waals surface area contributed by atoms with Gasteiger partial charge in [-0.05, 0) is 26.3 Å². The van der Waals surface area contributed by atoms with Crippen LogP contribution in [-0.4, -0.2) is 53.7 Å².